The number of benzene rings is 1. The zero-order chi connectivity index (χ0) is 14.0. The maximum atomic E-state index is 9.22. The third-order valence-corrected chi connectivity index (χ3v) is 3.49. The van der Waals surface area contributed by atoms with E-state index in [-0.39, 0.29) is 18.6 Å². The molecule has 0 fully saturated rings. The molecular formula is C15H21N3O. The van der Waals surface area contributed by atoms with Crippen LogP contribution in [0.4, 0.5) is 11.4 Å². The van der Waals surface area contributed by atoms with Gasteiger partial charge in [-0.1, -0.05) is 6.92 Å². The predicted octanol–water partition coefficient (Wildman–Crippen LogP) is 2.55. The lowest BCUT2D eigenvalue weighted by Crippen LogP contribution is -2.26. The number of rotatable bonds is 4. The van der Waals surface area contributed by atoms with E-state index >= 15 is 0 Å². The van der Waals surface area contributed by atoms with Gasteiger partial charge in [0.2, 0.25) is 0 Å². The van der Waals surface area contributed by atoms with Crippen LogP contribution in [0.3, 0.4) is 0 Å². The smallest absolute Gasteiger partial charge is 0.0727 e. The molecule has 2 aromatic rings. The van der Waals surface area contributed by atoms with Gasteiger partial charge in [-0.2, -0.15) is 0 Å². The monoisotopic (exact) mass is 259 g/mol. The highest BCUT2D eigenvalue weighted by atomic mass is 16.3. The summed E-state index contributed by atoms with van der Waals surface area (Å²) in [6, 6.07) is 7.92. The Morgan fingerprint density at radius 2 is 2.05 bits per heavy atom. The summed E-state index contributed by atoms with van der Waals surface area (Å²) in [4.78, 5) is 4.50. The molecule has 0 radical (unpaired) electrons. The van der Waals surface area contributed by atoms with Gasteiger partial charge in [-0.25, -0.2) is 0 Å². The molecule has 2 rings (SSSR count). The molecule has 4 nitrogen and oxygen atoms in total. The minimum atomic E-state index is 0.165. The highest BCUT2D eigenvalue weighted by molar-refractivity contribution is 5.93. The molecule has 2 unspecified atom stereocenters. The number of nitrogens with two attached hydrogens (primary N) is 1. The second-order valence-corrected chi connectivity index (χ2v) is 5.18. The van der Waals surface area contributed by atoms with Gasteiger partial charge in [0.15, 0.2) is 0 Å². The van der Waals surface area contributed by atoms with Crippen LogP contribution in [0.25, 0.3) is 10.9 Å². The van der Waals surface area contributed by atoms with Crippen molar-refractivity contribution in [3.8, 4) is 0 Å². The lowest BCUT2D eigenvalue weighted by molar-refractivity contribution is 0.226. The molecule has 0 saturated carbocycles. The van der Waals surface area contributed by atoms with Crippen molar-refractivity contribution in [3.05, 3.63) is 30.0 Å². The average Bonchev–Trinajstić information content (AvgIpc) is 2.38. The van der Waals surface area contributed by atoms with Crippen LogP contribution in [0.5, 0.6) is 0 Å². The van der Waals surface area contributed by atoms with Crippen molar-refractivity contribution >= 4 is 22.3 Å². The fourth-order valence-electron chi connectivity index (χ4n) is 2.04. The van der Waals surface area contributed by atoms with Crippen LogP contribution in [0.1, 0.15) is 19.5 Å². The molecule has 0 bridgehead atoms. The maximum absolute atomic E-state index is 9.22. The van der Waals surface area contributed by atoms with Gasteiger partial charge in [0.25, 0.3) is 0 Å². The summed E-state index contributed by atoms with van der Waals surface area (Å²) in [5, 5.41) is 13.7. The van der Waals surface area contributed by atoms with E-state index in [1.165, 1.54) is 0 Å². The second-order valence-electron chi connectivity index (χ2n) is 5.18. The molecule has 102 valence electrons. The topological polar surface area (TPSA) is 71.2 Å². The Morgan fingerprint density at radius 3 is 2.74 bits per heavy atom. The summed E-state index contributed by atoms with van der Waals surface area (Å²) in [5.74, 6) is 0.185. The summed E-state index contributed by atoms with van der Waals surface area (Å²) >= 11 is 0. The number of hydrogen-bond acceptors (Lipinski definition) is 4. The molecule has 0 aliphatic carbocycles. The normalized spacial score (nSPS) is 14.3. The molecule has 2 atom stereocenters. The standard InChI is InChI=1S/C15H21N3O/c1-9(8-19)11(3)18-15-6-10(2)17-14-5-4-12(16)7-13(14)15/h4-7,9,11,19H,8,16H2,1-3H3,(H,17,18). The lowest BCUT2D eigenvalue weighted by atomic mass is 10.0. The van der Waals surface area contributed by atoms with E-state index in [0.717, 1.165) is 28.0 Å². The van der Waals surface area contributed by atoms with Gasteiger partial charge in [0, 0.05) is 35.1 Å². The van der Waals surface area contributed by atoms with Gasteiger partial charge >= 0.3 is 0 Å². The minimum absolute atomic E-state index is 0.165. The molecule has 0 aliphatic rings. The Labute approximate surface area is 113 Å². The second kappa shape index (κ2) is 5.45. The number of aliphatic hydroxyl groups is 1. The first-order chi connectivity index (χ1) is 9.01. The molecule has 1 aromatic carbocycles. The van der Waals surface area contributed by atoms with Gasteiger partial charge in [0.05, 0.1) is 5.52 Å². The van der Waals surface area contributed by atoms with Crippen LogP contribution >= 0.6 is 0 Å². The first kappa shape index (κ1) is 13.6. The van der Waals surface area contributed by atoms with Crippen molar-refractivity contribution in [3.63, 3.8) is 0 Å². The van der Waals surface area contributed by atoms with Crippen LogP contribution in [0, 0.1) is 12.8 Å². The molecule has 1 aromatic heterocycles. The Kier molecular flexibility index (Phi) is 3.90. The Balaban J connectivity index is 2.43. The largest absolute Gasteiger partial charge is 0.399 e. The highest BCUT2D eigenvalue weighted by Crippen LogP contribution is 2.26. The van der Waals surface area contributed by atoms with E-state index in [1.807, 2.05) is 38.1 Å². The molecule has 0 amide bonds. The van der Waals surface area contributed by atoms with Crippen molar-refractivity contribution in [2.75, 3.05) is 17.7 Å². The number of fused-ring (bicyclic) bond motifs is 1. The Hall–Kier alpha value is -1.81. The zero-order valence-corrected chi connectivity index (χ0v) is 11.6. The minimum Gasteiger partial charge on any atom is -0.399 e. The molecule has 0 spiro atoms. The number of anilines is 2. The van der Waals surface area contributed by atoms with E-state index in [9.17, 15) is 5.11 Å². The highest BCUT2D eigenvalue weighted by Gasteiger charge is 2.13. The lowest BCUT2D eigenvalue weighted by Gasteiger charge is -2.22. The van der Waals surface area contributed by atoms with Crippen molar-refractivity contribution in [2.45, 2.75) is 26.8 Å². The first-order valence-electron chi connectivity index (χ1n) is 6.55. The number of aromatic nitrogens is 1. The molecule has 4 heteroatoms. The summed E-state index contributed by atoms with van der Waals surface area (Å²) in [5.41, 5.74) is 9.49. The van der Waals surface area contributed by atoms with Gasteiger partial charge in [-0.05, 0) is 44.0 Å². The first-order valence-corrected chi connectivity index (χ1v) is 6.55. The number of nitrogens with one attached hydrogen (secondary N) is 1. The number of nitrogen functional groups attached to an aromatic ring is 1. The van der Waals surface area contributed by atoms with E-state index in [4.69, 9.17) is 5.73 Å². The molecule has 19 heavy (non-hydrogen) atoms. The van der Waals surface area contributed by atoms with Crippen LogP contribution in [0.15, 0.2) is 24.3 Å². The van der Waals surface area contributed by atoms with Crippen molar-refractivity contribution in [2.24, 2.45) is 5.92 Å². The number of aryl methyl sites for hydroxylation is 1. The molecule has 0 aliphatic heterocycles. The number of pyridine rings is 1. The van der Waals surface area contributed by atoms with Crippen LogP contribution < -0.4 is 11.1 Å². The van der Waals surface area contributed by atoms with Crippen LogP contribution in [-0.4, -0.2) is 22.7 Å². The molecule has 4 N–H and O–H groups in total. The summed E-state index contributed by atoms with van der Waals surface area (Å²) in [6.07, 6.45) is 0. The van der Waals surface area contributed by atoms with Crippen molar-refractivity contribution in [1.29, 1.82) is 0 Å². The average molecular weight is 259 g/mol. The van der Waals surface area contributed by atoms with Crippen molar-refractivity contribution in [1.82, 2.24) is 4.98 Å². The summed E-state index contributed by atoms with van der Waals surface area (Å²) in [6.45, 7) is 6.22. The van der Waals surface area contributed by atoms with Crippen molar-refractivity contribution < 1.29 is 5.11 Å². The number of aliphatic hydroxyl groups excluding tert-OH is 1. The molecule has 1 heterocycles. The van der Waals surface area contributed by atoms with Gasteiger partial charge in [0.1, 0.15) is 0 Å². The van der Waals surface area contributed by atoms with E-state index in [0.29, 0.717) is 0 Å². The fourth-order valence-corrected chi connectivity index (χ4v) is 2.04. The van der Waals surface area contributed by atoms with Gasteiger partial charge in [-0.3, -0.25) is 4.98 Å². The maximum Gasteiger partial charge on any atom is 0.0727 e. The SMILES string of the molecule is Cc1cc(NC(C)C(C)CO)c2cc(N)ccc2n1. The quantitative estimate of drug-likeness (QED) is 0.738. The Morgan fingerprint density at radius 1 is 1.32 bits per heavy atom. The van der Waals surface area contributed by atoms with Crippen LogP contribution in [-0.2, 0) is 0 Å². The summed E-state index contributed by atoms with van der Waals surface area (Å²) in [7, 11) is 0. The Bertz CT molecular complexity index is 583. The fraction of sp³-hybridized carbons (Fsp3) is 0.400. The van der Waals surface area contributed by atoms with E-state index in [2.05, 4.69) is 17.2 Å². The van der Waals surface area contributed by atoms with E-state index in [1.54, 1.807) is 0 Å². The summed E-state index contributed by atoms with van der Waals surface area (Å²) < 4.78 is 0. The van der Waals surface area contributed by atoms with Gasteiger partial charge in [-0.15, -0.1) is 0 Å². The third-order valence-electron chi connectivity index (χ3n) is 3.49. The van der Waals surface area contributed by atoms with E-state index < -0.39 is 0 Å². The molecular weight excluding hydrogens is 238 g/mol. The zero-order valence-electron chi connectivity index (χ0n) is 11.6. The number of hydrogen-bond donors (Lipinski definition) is 3. The number of nitrogens with zero attached hydrogens (tertiary/aromatic N) is 1. The predicted molar refractivity (Wildman–Crippen MR) is 80.2 cm³/mol. The van der Waals surface area contributed by atoms with Gasteiger partial charge < -0.3 is 16.2 Å². The molecule has 0 saturated heterocycles. The van der Waals surface area contributed by atoms with Crippen LogP contribution in [0.2, 0.25) is 0 Å². The third kappa shape index (κ3) is 2.96.